The minimum absolute atomic E-state index is 0.911. The molecule has 2 heterocycles. The van der Waals surface area contributed by atoms with Crippen LogP contribution in [0, 0.1) is 0 Å². The van der Waals surface area contributed by atoms with Gasteiger partial charge in [-0.05, 0) is 84.8 Å². The van der Waals surface area contributed by atoms with Crippen molar-refractivity contribution < 1.29 is 4.42 Å². The number of aromatic nitrogens is 2. The molecule has 9 aromatic carbocycles. The van der Waals surface area contributed by atoms with Crippen molar-refractivity contribution >= 4 is 65.3 Å². The average Bonchev–Trinajstić information content (AvgIpc) is 3.62. The molecule has 0 radical (unpaired) electrons. The van der Waals surface area contributed by atoms with E-state index in [1.165, 1.54) is 54.9 Å². The fourth-order valence-electron chi connectivity index (χ4n) is 8.32. The molecule has 0 bridgehead atoms. The molecule has 246 valence electrons. The van der Waals surface area contributed by atoms with Crippen molar-refractivity contribution in [2.75, 3.05) is 0 Å². The summed E-state index contributed by atoms with van der Waals surface area (Å²) in [5.41, 5.74) is 13.1. The number of benzene rings is 9. The van der Waals surface area contributed by atoms with Crippen molar-refractivity contribution in [3.8, 4) is 44.5 Å². The van der Waals surface area contributed by atoms with Gasteiger partial charge in [0, 0.05) is 39.5 Å². The highest BCUT2D eigenvalue weighted by Gasteiger charge is 2.15. The summed E-state index contributed by atoms with van der Waals surface area (Å²) in [4.78, 5) is 9.45. The van der Waals surface area contributed by atoms with Crippen LogP contribution in [-0.2, 0) is 0 Å². The molecule has 3 nitrogen and oxygen atoms in total. The van der Waals surface area contributed by atoms with Crippen molar-refractivity contribution in [3.63, 3.8) is 0 Å². The van der Waals surface area contributed by atoms with Gasteiger partial charge in [0.05, 0.1) is 11.0 Å². The highest BCUT2D eigenvalue weighted by Crippen LogP contribution is 2.41. The van der Waals surface area contributed by atoms with Gasteiger partial charge in [-0.25, -0.2) is 0 Å². The summed E-state index contributed by atoms with van der Waals surface area (Å²) in [7, 11) is 0. The molecule has 53 heavy (non-hydrogen) atoms. The first-order valence-electron chi connectivity index (χ1n) is 18.0. The maximum atomic E-state index is 6.41. The number of para-hydroxylation sites is 2. The second kappa shape index (κ2) is 11.7. The van der Waals surface area contributed by atoms with Gasteiger partial charge in [0.25, 0.3) is 0 Å². The predicted molar refractivity (Wildman–Crippen MR) is 221 cm³/mol. The molecule has 0 saturated carbocycles. The zero-order valence-electron chi connectivity index (χ0n) is 28.6. The van der Waals surface area contributed by atoms with E-state index in [0.29, 0.717) is 0 Å². The third kappa shape index (κ3) is 4.68. The van der Waals surface area contributed by atoms with Gasteiger partial charge in [0.15, 0.2) is 0 Å². The minimum atomic E-state index is 0.911. The van der Waals surface area contributed by atoms with E-state index in [2.05, 4.69) is 158 Å². The van der Waals surface area contributed by atoms with Crippen LogP contribution in [0.3, 0.4) is 0 Å². The van der Waals surface area contributed by atoms with Gasteiger partial charge in [0.1, 0.15) is 11.2 Å². The molecule has 11 aromatic rings. The number of fused-ring (bicyclic) bond motifs is 10. The fourth-order valence-corrected chi connectivity index (χ4v) is 8.32. The van der Waals surface area contributed by atoms with Crippen molar-refractivity contribution in [3.05, 3.63) is 182 Å². The summed E-state index contributed by atoms with van der Waals surface area (Å²) < 4.78 is 6.41. The van der Waals surface area contributed by atoms with Crippen LogP contribution in [0.25, 0.3) is 110 Å². The molecule has 0 unspecified atom stereocenters. The number of hydrogen-bond donors (Lipinski definition) is 0. The Morgan fingerprint density at radius 2 is 0.792 bits per heavy atom. The molecule has 11 rings (SSSR count). The van der Waals surface area contributed by atoms with Crippen LogP contribution in [0.1, 0.15) is 0 Å². The van der Waals surface area contributed by atoms with Crippen LogP contribution in [0.2, 0.25) is 0 Å². The molecule has 0 atom stereocenters. The number of nitrogens with zero attached hydrogens (tertiary/aromatic N) is 2. The first-order valence-corrected chi connectivity index (χ1v) is 18.0. The molecule has 0 aliphatic rings. The van der Waals surface area contributed by atoms with E-state index in [4.69, 9.17) is 14.4 Å². The second-order valence-corrected chi connectivity index (χ2v) is 13.7. The molecule has 0 saturated heterocycles. The lowest BCUT2D eigenvalue weighted by Gasteiger charge is -2.14. The number of rotatable bonds is 4. The fraction of sp³-hybridized carbons (Fsp3) is 0. The molecule has 0 amide bonds. The Kier molecular flexibility index (Phi) is 6.55. The molecule has 3 heteroatoms. The van der Waals surface area contributed by atoms with E-state index in [-0.39, 0.29) is 0 Å². The molecule has 0 fully saturated rings. The maximum absolute atomic E-state index is 6.41. The van der Waals surface area contributed by atoms with Gasteiger partial charge >= 0.3 is 0 Å². The van der Waals surface area contributed by atoms with E-state index < -0.39 is 0 Å². The number of hydrogen-bond acceptors (Lipinski definition) is 3. The van der Waals surface area contributed by atoms with E-state index in [1.54, 1.807) is 12.4 Å². The number of furan rings is 1. The molecule has 0 aliphatic carbocycles. The third-order valence-corrected chi connectivity index (χ3v) is 10.8. The highest BCUT2D eigenvalue weighted by atomic mass is 16.3. The maximum Gasteiger partial charge on any atom is 0.143 e. The monoisotopic (exact) mass is 674 g/mol. The summed E-state index contributed by atoms with van der Waals surface area (Å²) >= 11 is 0. The van der Waals surface area contributed by atoms with Crippen LogP contribution < -0.4 is 0 Å². The Morgan fingerprint density at radius 3 is 1.51 bits per heavy atom. The Labute approximate surface area is 305 Å². The van der Waals surface area contributed by atoms with Gasteiger partial charge in [-0.3, -0.25) is 9.97 Å². The Hall–Kier alpha value is -7.10. The van der Waals surface area contributed by atoms with Crippen LogP contribution >= 0.6 is 0 Å². The minimum Gasteiger partial charge on any atom is -0.455 e. The smallest absolute Gasteiger partial charge is 0.143 e. The zero-order chi connectivity index (χ0) is 34.9. The molecular weight excluding hydrogens is 645 g/mol. The summed E-state index contributed by atoms with van der Waals surface area (Å²) in [6.07, 6.45) is 3.56. The van der Waals surface area contributed by atoms with E-state index in [0.717, 1.165) is 54.9 Å². The SMILES string of the molecule is c1cc(-c2ccc3c(c2)c2ccccc2c2nccnc32)cc(-c2cccc3c(-c4cccc(-c5cccc6c5oc5ccccc56)c4)cccc23)c1. The quantitative estimate of drug-likeness (QED) is 0.174. The summed E-state index contributed by atoms with van der Waals surface area (Å²) in [6, 6.07) is 61.0. The van der Waals surface area contributed by atoms with Gasteiger partial charge < -0.3 is 4.42 Å². The van der Waals surface area contributed by atoms with Crippen molar-refractivity contribution in [2.45, 2.75) is 0 Å². The van der Waals surface area contributed by atoms with Crippen LogP contribution in [0.5, 0.6) is 0 Å². The Balaban J connectivity index is 1.02. The summed E-state index contributed by atoms with van der Waals surface area (Å²) in [5.74, 6) is 0. The molecule has 2 aromatic heterocycles. The largest absolute Gasteiger partial charge is 0.455 e. The topological polar surface area (TPSA) is 38.9 Å². The average molecular weight is 675 g/mol. The van der Waals surface area contributed by atoms with Crippen molar-refractivity contribution in [1.82, 2.24) is 9.97 Å². The van der Waals surface area contributed by atoms with Crippen molar-refractivity contribution in [2.24, 2.45) is 0 Å². The van der Waals surface area contributed by atoms with E-state index in [9.17, 15) is 0 Å². The Morgan fingerprint density at radius 1 is 0.302 bits per heavy atom. The first-order chi connectivity index (χ1) is 26.3. The van der Waals surface area contributed by atoms with E-state index >= 15 is 0 Å². The third-order valence-electron chi connectivity index (χ3n) is 10.8. The standard InChI is InChI=1S/C50H30N2O/c1-2-16-43-41(14-1)46-30-32(24-25-44(46)49-48(43)51-26-27-52-49)31-10-5-11-33(28-31)36-17-7-21-40-37(18-8-20-39(36)40)34-12-6-13-35(29-34)38-19-9-22-45-42-15-3-4-23-47(42)53-50(38)45/h1-30H. The highest BCUT2D eigenvalue weighted by molar-refractivity contribution is 6.23. The lowest BCUT2D eigenvalue weighted by atomic mass is 9.90. The lowest BCUT2D eigenvalue weighted by molar-refractivity contribution is 0.670. The van der Waals surface area contributed by atoms with Crippen LogP contribution in [0.15, 0.2) is 187 Å². The van der Waals surface area contributed by atoms with Gasteiger partial charge in [-0.15, -0.1) is 0 Å². The van der Waals surface area contributed by atoms with Crippen molar-refractivity contribution in [1.29, 1.82) is 0 Å². The first kappa shape index (κ1) is 29.6. The summed E-state index contributed by atoms with van der Waals surface area (Å²) in [5, 5.41) is 9.34. The Bertz CT molecular complexity index is 3210. The van der Waals surface area contributed by atoms with Gasteiger partial charge in [-0.1, -0.05) is 146 Å². The van der Waals surface area contributed by atoms with Crippen LogP contribution in [-0.4, -0.2) is 9.97 Å². The normalized spacial score (nSPS) is 11.8. The van der Waals surface area contributed by atoms with E-state index in [1.807, 2.05) is 12.1 Å². The predicted octanol–water partition coefficient (Wildman–Crippen LogP) is 13.7. The zero-order valence-corrected chi connectivity index (χ0v) is 28.6. The molecule has 0 N–H and O–H groups in total. The van der Waals surface area contributed by atoms with Gasteiger partial charge in [0.2, 0.25) is 0 Å². The van der Waals surface area contributed by atoms with Crippen LogP contribution in [0.4, 0.5) is 0 Å². The second-order valence-electron chi connectivity index (χ2n) is 13.7. The lowest BCUT2D eigenvalue weighted by Crippen LogP contribution is -1.89. The molecule has 0 spiro atoms. The summed E-state index contributed by atoms with van der Waals surface area (Å²) in [6.45, 7) is 0. The molecule has 0 aliphatic heterocycles. The molecular formula is C50H30N2O. The van der Waals surface area contributed by atoms with Gasteiger partial charge in [-0.2, -0.15) is 0 Å².